The zero-order valence-electron chi connectivity index (χ0n) is 11.9. The highest BCUT2D eigenvalue weighted by atomic mass is 16.6. The maximum Gasteiger partial charge on any atom is 0.161 e. The van der Waals surface area contributed by atoms with Crippen LogP contribution in [0.1, 0.15) is 40.0 Å². The van der Waals surface area contributed by atoms with Gasteiger partial charge in [-0.05, 0) is 30.3 Å². The van der Waals surface area contributed by atoms with Crippen molar-refractivity contribution in [1.82, 2.24) is 0 Å². The minimum Gasteiger partial charge on any atom is -0.392 e. The molecule has 19 heavy (non-hydrogen) atoms. The van der Waals surface area contributed by atoms with E-state index in [1.807, 2.05) is 6.92 Å². The van der Waals surface area contributed by atoms with Crippen LogP contribution in [0.3, 0.4) is 0 Å². The first-order chi connectivity index (χ1) is 8.79. The van der Waals surface area contributed by atoms with Crippen molar-refractivity contribution in [3.05, 3.63) is 11.1 Å². The zero-order valence-corrected chi connectivity index (χ0v) is 11.9. The maximum absolute atomic E-state index is 10.6. The lowest BCUT2D eigenvalue weighted by Crippen LogP contribution is -2.52. The summed E-state index contributed by atoms with van der Waals surface area (Å²) in [6.45, 7) is 6.26. The molecule has 1 saturated heterocycles. The summed E-state index contributed by atoms with van der Waals surface area (Å²) >= 11 is 0. The molecule has 4 heteroatoms. The predicted molar refractivity (Wildman–Crippen MR) is 70.2 cm³/mol. The Morgan fingerprint density at radius 1 is 1.26 bits per heavy atom. The van der Waals surface area contributed by atoms with E-state index < -0.39 is 17.8 Å². The molecule has 0 amide bonds. The largest absolute Gasteiger partial charge is 0.392 e. The second-order valence-electron chi connectivity index (χ2n) is 7.36. The molecule has 2 fully saturated rings. The minimum absolute atomic E-state index is 0.0242. The first-order valence-electron chi connectivity index (χ1n) is 7.14. The molecule has 0 spiro atoms. The Labute approximate surface area is 114 Å². The predicted octanol–water partition coefficient (Wildman–Crippen LogP) is 1.20. The van der Waals surface area contributed by atoms with Gasteiger partial charge in [0, 0.05) is 11.3 Å². The Kier molecular flexibility index (Phi) is 2.88. The lowest BCUT2D eigenvalue weighted by atomic mass is 9.54. The molecular formula is C15H24O4. The average molecular weight is 268 g/mol. The fourth-order valence-electron chi connectivity index (χ4n) is 4.35. The molecule has 3 aliphatic rings. The number of aliphatic hydroxyl groups excluding tert-OH is 3. The highest BCUT2D eigenvalue weighted by molar-refractivity contribution is 5.36. The van der Waals surface area contributed by atoms with Gasteiger partial charge >= 0.3 is 0 Å². The average Bonchev–Trinajstić information content (AvgIpc) is 2.64. The van der Waals surface area contributed by atoms with Crippen LogP contribution in [0.2, 0.25) is 0 Å². The number of hydrogen-bond donors (Lipinski definition) is 3. The Hall–Kier alpha value is -0.420. The summed E-state index contributed by atoms with van der Waals surface area (Å²) in [6, 6.07) is 0. The first kappa shape index (κ1) is 13.6. The van der Waals surface area contributed by atoms with Crippen molar-refractivity contribution in [2.24, 2.45) is 16.7 Å². The molecule has 0 aromatic heterocycles. The quantitative estimate of drug-likeness (QED) is 0.625. The molecular weight excluding hydrogens is 244 g/mol. The topological polar surface area (TPSA) is 69.9 Å². The lowest BCUT2D eigenvalue weighted by Gasteiger charge is -2.52. The van der Waals surface area contributed by atoms with Crippen molar-refractivity contribution in [1.29, 1.82) is 0 Å². The second kappa shape index (κ2) is 4.04. The van der Waals surface area contributed by atoms with Gasteiger partial charge in [-0.15, -0.1) is 0 Å². The van der Waals surface area contributed by atoms with E-state index in [4.69, 9.17) is 4.74 Å². The highest BCUT2D eigenvalue weighted by Crippen LogP contribution is 2.59. The highest BCUT2D eigenvalue weighted by Gasteiger charge is 2.59. The summed E-state index contributed by atoms with van der Waals surface area (Å²) in [7, 11) is 0. The summed E-state index contributed by atoms with van der Waals surface area (Å²) in [5, 5.41) is 30.4. The van der Waals surface area contributed by atoms with E-state index in [0.717, 1.165) is 24.0 Å². The van der Waals surface area contributed by atoms with Gasteiger partial charge in [-0.1, -0.05) is 26.3 Å². The van der Waals surface area contributed by atoms with Crippen molar-refractivity contribution in [2.45, 2.75) is 58.5 Å². The van der Waals surface area contributed by atoms with Gasteiger partial charge in [-0.25, -0.2) is 0 Å². The van der Waals surface area contributed by atoms with Gasteiger partial charge < -0.3 is 20.1 Å². The Morgan fingerprint density at radius 3 is 2.58 bits per heavy atom. The van der Waals surface area contributed by atoms with Gasteiger partial charge in [0.2, 0.25) is 0 Å². The molecule has 1 unspecified atom stereocenters. The molecule has 1 saturated carbocycles. The van der Waals surface area contributed by atoms with Crippen LogP contribution < -0.4 is 0 Å². The van der Waals surface area contributed by atoms with Crippen molar-refractivity contribution < 1.29 is 20.1 Å². The normalized spacial score (nSPS) is 48.3. The Morgan fingerprint density at radius 2 is 1.95 bits per heavy atom. The van der Waals surface area contributed by atoms with Crippen molar-refractivity contribution in [3.63, 3.8) is 0 Å². The van der Waals surface area contributed by atoms with Crippen LogP contribution in [0.15, 0.2) is 11.1 Å². The Bertz CT molecular complexity index is 428. The van der Waals surface area contributed by atoms with E-state index in [1.54, 1.807) is 0 Å². The fraction of sp³-hybridized carbons (Fsp3) is 0.867. The van der Waals surface area contributed by atoms with Crippen LogP contribution in [0.4, 0.5) is 0 Å². The molecule has 1 aliphatic heterocycles. The number of rotatable bonds is 1. The fourth-order valence-corrected chi connectivity index (χ4v) is 4.35. The van der Waals surface area contributed by atoms with Crippen molar-refractivity contribution in [3.8, 4) is 0 Å². The third kappa shape index (κ3) is 1.74. The lowest BCUT2D eigenvalue weighted by molar-refractivity contribution is -0.148. The summed E-state index contributed by atoms with van der Waals surface area (Å²) < 4.78 is 5.67. The first-order valence-corrected chi connectivity index (χ1v) is 7.14. The van der Waals surface area contributed by atoms with Gasteiger partial charge in [-0.3, -0.25) is 0 Å². The second-order valence-corrected chi connectivity index (χ2v) is 7.36. The van der Waals surface area contributed by atoms with Gasteiger partial charge in [0.1, 0.15) is 0 Å². The van der Waals surface area contributed by atoms with Crippen molar-refractivity contribution in [2.75, 3.05) is 6.61 Å². The summed E-state index contributed by atoms with van der Waals surface area (Å²) in [5.41, 5.74) is 1.59. The third-order valence-corrected chi connectivity index (χ3v) is 5.53. The van der Waals surface area contributed by atoms with E-state index in [2.05, 4.69) is 13.8 Å². The van der Waals surface area contributed by atoms with Crippen LogP contribution in [-0.2, 0) is 4.74 Å². The van der Waals surface area contributed by atoms with Crippen LogP contribution in [-0.4, -0.2) is 40.4 Å². The molecule has 3 N–H and O–H groups in total. The van der Waals surface area contributed by atoms with Gasteiger partial charge in [0.05, 0.1) is 18.8 Å². The molecule has 2 aliphatic carbocycles. The molecule has 4 nitrogen and oxygen atoms in total. The van der Waals surface area contributed by atoms with E-state index in [1.165, 1.54) is 0 Å². The monoisotopic (exact) mass is 268 g/mol. The Balaban J connectivity index is 2.13. The molecule has 3 rings (SSSR count). The maximum atomic E-state index is 10.6. The van der Waals surface area contributed by atoms with Crippen LogP contribution in [0, 0.1) is 16.7 Å². The summed E-state index contributed by atoms with van der Waals surface area (Å²) in [6.07, 6.45) is 0.839. The van der Waals surface area contributed by atoms with Crippen LogP contribution in [0.25, 0.3) is 0 Å². The van der Waals surface area contributed by atoms with Gasteiger partial charge in [0.25, 0.3) is 0 Å². The van der Waals surface area contributed by atoms with E-state index in [0.29, 0.717) is 6.42 Å². The van der Waals surface area contributed by atoms with E-state index in [-0.39, 0.29) is 24.0 Å². The van der Waals surface area contributed by atoms with Crippen LogP contribution >= 0.6 is 0 Å². The molecule has 1 heterocycles. The zero-order chi connectivity index (χ0) is 14.0. The summed E-state index contributed by atoms with van der Waals surface area (Å²) in [4.78, 5) is 0. The molecule has 5 atom stereocenters. The standard InChI is InChI=1S/C15H24O4/c1-14(2)5-10-9(7-16)8-4-12(19-13(8)18)15(10,3)11(17)6-14/h8,11-13,16-18H,4-7H2,1-3H3/t8-,11+,12+,13-,15?/m1/s1. The van der Waals surface area contributed by atoms with Gasteiger partial charge in [0.15, 0.2) is 6.29 Å². The van der Waals surface area contributed by atoms with E-state index >= 15 is 0 Å². The number of aliphatic hydroxyl groups is 3. The van der Waals surface area contributed by atoms with Crippen molar-refractivity contribution >= 4 is 0 Å². The van der Waals surface area contributed by atoms with E-state index in [9.17, 15) is 15.3 Å². The molecule has 2 bridgehead atoms. The van der Waals surface area contributed by atoms with Gasteiger partial charge in [-0.2, -0.15) is 0 Å². The number of fused-ring (bicyclic) bond motifs is 4. The SMILES string of the molecule is CC1(C)CC2=C(CO)[C@H]3C[C@H](O[C@H]3O)C2(C)[C@@H](O)C1. The molecule has 0 aromatic rings. The number of ether oxygens (including phenoxy) is 1. The number of hydrogen-bond acceptors (Lipinski definition) is 4. The smallest absolute Gasteiger partial charge is 0.161 e. The third-order valence-electron chi connectivity index (χ3n) is 5.53. The molecule has 108 valence electrons. The minimum atomic E-state index is -0.836. The van der Waals surface area contributed by atoms with Crippen LogP contribution in [0.5, 0.6) is 0 Å². The molecule has 0 aromatic carbocycles. The molecule has 0 radical (unpaired) electrons. The summed E-state index contributed by atoms with van der Waals surface area (Å²) in [5.74, 6) is -0.0980.